The molecule has 0 aliphatic rings. The van der Waals surface area contributed by atoms with Gasteiger partial charge in [-0.1, -0.05) is 6.07 Å². The van der Waals surface area contributed by atoms with Gasteiger partial charge in [0.15, 0.2) is 0 Å². The number of nitrogens with zero attached hydrogens (tertiary/aromatic N) is 2. The number of carbonyl (C=O) groups excluding carboxylic acids is 2. The van der Waals surface area contributed by atoms with E-state index in [0.717, 1.165) is 0 Å². The maximum Gasteiger partial charge on any atom is 0.272 e. The lowest BCUT2D eigenvalue weighted by atomic mass is 10.2. The summed E-state index contributed by atoms with van der Waals surface area (Å²) in [7, 11) is 0. The second-order valence-corrected chi connectivity index (χ2v) is 4.78. The third-order valence-electron chi connectivity index (χ3n) is 3.12. The summed E-state index contributed by atoms with van der Waals surface area (Å²) in [5.74, 6) is -0.362. The summed E-state index contributed by atoms with van der Waals surface area (Å²) in [6.45, 7) is 1.45. The van der Waals surface area contributed by atoms with E-state index in [0.29, 0.717) is 22.7 Å². The number of anilines is 2. The highest BCUT2D eigenvalue weighted by Crippen LogP contribution is 2.15. The molecule has 0 saturated heterocycles. The van der Waals surface area contributed by atoms with Gasteiger partial charge in [-0.05, 0) is 36.4 Å². The van der Waals surface area contributed by atoms with Gasteiger partial charge in [-0.2, -0.15) is 0 Å². The topological polar surface area (TPSA) is 75.5 Å². The number of carbonyl (C=O) groups is 2. The van der Waals surface area contributed by atoms with Crippen molar-refractivity contribution in [2.75, 3.05) is 10.6 Å². The van der Waals surface area contributed by atoms with Crippen LogP contribution in [-0.2, 0) is 4.79 Å². The molecule has 2 heterocycles. The van der Waals surface area contributed by atoms with E-state index in [2.05, 4.69) is 15.6 Å². The zero-order chi connectivity index (χ0) is 15.5. The number of fused-ring (bicyclic) bond motifs is 1. The van der Waals surface area contributed by atoms with Gasteiger partial charge in [-0.3, -0.25) is 14.0 Å². The standard InChI is InChI=1S/C16H14N4O2/c1-11(21)18-12-5-7-13(8-6-12)19-16(22)14-3-2-4-15-17-9-10-20(14)15/h2-10H,1H3,(H,18,21)(H,19,22). The Morgan fingerprint density at radius 1 is 1.00 bits per heavy atom. The molecule has 2 amide bonds. The minimum atomic E-state index is -0.226. The Labute approximate surface area is 126 Å². The van der Waals surface area contributed by atoms with Crippen molar-refractivity contribution in [1.82, 2.24) is 9.38 Å². The lowest BCUT2D eigenvalue weighted by Gasteiger charge is -2.08. The van der Waals surface area contributed by atoms with Crippen LogP contribution >= 0.6 is 0 Å². The summed E-state index contributed by atoms with van der Waals surface area (Å²) in [4.78, 5) is 27.5. The second kappa shape index (κ2) is 5.69. The molecule has 0 fully saturated rings. The molecular formula is C16H14N4O2. The Morgan fingerprint density at radius 2 is 1.68 bits per heavy atom. The zero-order valence-electron chi connectivity index (χ0n) is 11.9. The number of rotatable bonds is 3. The van der Waals surface area contributed by atoms with Crippen molar-refractivity contribution < 1.29 is 9.59 Å². The van der Waals surface area contributed by atoms with E-state index in [1.165, 1.54) is 6.92 Å². The van der Waals surface area contributed by atoms with Crippen LogP contribution in [0.15, 0.2) is 54.9 Å². The number of pyridine rings is 1. The minimum absolute atomic E-state index is 0.136. The fourth-order valence-electron chi connectivity index (χ4n) is 2.17. The first-order chi connectivity index (χ1) is 10.6. The van der Waals surface area contributed by atoms with Gasteiger partial charge in [0.2, 0.25) is 5.91 Å². The number of imidazole rings is 1. The number of hydrogen-bond acceptors (Lipinski definition) is 3. The predicted molar refractivity (Wildman–Crippen MR) is 83.9 cm³/mol. The fourth-order valence-corrected chi connectivity index (χ4v) is 2.17. The summed E-state index contributed by atoms with van der Waals surface area (Å²) < 4.78 is 1.72. The molecular weight excluding hydrogens is 280 g/mol. The summed E-state index contributed by atoms with van der Waals surface area (Å²) in [5, 5.41) is 5.49. The van der Waals surface area contributed by atoms with Gasteiger partial charge >= 0.3 is 0 Å². The van der Waals surface area contributed by atoms with Crippen LogP contribution in [-0.4, -0.2) is 21.2 Å². The average Bonchev–Trinajstić information content (AvgIpc) is 2.97. The normalized spacial score (nSPS) is 10.4. The minimum Gasteiger partial charge on any atom is -0.326 e. The molecule has 3 aromatic rings. The molecule has 22 heavy (non-hydrogen) atoms. The van der Waals surface area contributed by atoms with Gasteiger partial charge in [-0.15, -0.1) is 0 Å². The lowest BCUT2D eigenvalue weighted by Crippen LogP contribution is -2.15. The van der Waals surface area contributed by atoms with E-state index >= 15 is 0 Å². The number of aromatic nitrogens is 2. The van der Waals surface area contributed by atoms with Gasteiger partial charge < -0.3 is 10.6 Å². The third-order valence-corrected chi connectivity index (χ3v) is 3.12. The summed E-state index contributed by atoms with van der Waals surface area (Å²) in [6.07, 6.45) is 3.39. The summed E-state index contributed by atoms with van der Waals surface area (Å²) in [6, 6.07) is 12.3. The van der Waals surface area contributed by atoms with E-state index in [4.69, 9.17) is 0 Å². The lowest BCUT2D eigenvalue weighted by molar-refractivity contribution is -0.114. The van der Waals surface area contributed by atoms with Crippen LogP contribution in [0.2, 0.25) is 0 Å². The van der Waals surface area contributed by atoms with Crippen LogP contribution in [0.1, 0.15) is 17.4 Å². The Bertz CT molecular complexity index is 837. The molecule has 0 atom stereocenters. The number of hydrogen-bond donors (Lipinski definition) is 2. The van der Waals surface area contributed by atoms with E-state index in [1.807, 2.05) is 6.07 Å². The van der Waals surface area contributed by atoms with Crippen molar-refractivity contribution in [1.29, 1.82) is 0 Å². The van der Waals surface area contributed by atoms with Crippen molar-refractivity contribution in [2.24, 2.45) is 0 Å². The highest BCUT2D eigenvalue weighted by molar-refractivity contribution is 6.03. The number of amides is 2. The van der Waals surface area contributed by atoms with Crippen LogP contribution in [0.5, 0.6) is 0 Å². The molecule has 6 heteroatoms. The number of nitrogens with one attached hydrogen (secondary N) is 2. The van der Waals surface area contributed by atoms with Crippen LogP contribution in [0.25, 0.3) is 5.65 Å². The zero-order valence-corrected chi connectivity index (χ0v) is 11.9. The largest absolute Gasteiger partial charge is 0.326 e. The van der Waals surface area contributed by atoms with Gasteiger partial charge in [0, 0.05) is 30.7 Å². The average molecular weight is 294 g/mol. The van der Waals surface area contributed by atoms with E-state index < -0.39 is 0 Å². The van der Waals surface area contributed by atoms with Crippen molar-refractivity contribution >= 4 is 28.8 Å². The molecule has 0 aliphatic heterocycles. The molecule has 0 aliphatic carbocycles. The van der Waals surface area contributed by atoms with Crippen molar-refractivity contribution in [3.8, 4) is 0 Å². The van der Waals surface area contributed by atoms with Gasteiger partial charge in [0.25, 0.3) is 5.91 Å². The molecule has 3 rings (SSSR count). The van der Waals surface area contributed by atoms with Gasteiger partial charge in [0.05, 0.1) is 0 Å². The molecule has 1 aromatic carbocycles. The fraction of sp³-hybridized carbons (Fsp3) is 0.0625. The molecule has 0 unspecified atom stereocenters. The van der Waals surface area contributed by atoms with Gasteiger partial charge in [-0.25, -0.2) is 4.98 Å². The van der Waals surface area contributed by atoms with E-state index in [9.17, 15) is 9.59 Å². The molecule has 0 radical (unpaired) electrons. The van der Waals surface area contributed by atoms with Crippen molar-refractivity contribution in [3.05, 3.63) is 60.6 Å². The third kappa shape index (κ3) is 2.80. The van der Waals surface area contributed by atoms with E-state index in [1.54, 1.807) is 53.2 Å². The molecule has 110 valence electrons. The van der Waals surface area contributed by atoms with Crippen molar-refractivity contribution in [2.45, 2.75) is 6.92 Å². The Hall–Kier alpha value is -3.15. The van der Waals surface area contributed by atoms with E-state index in [-0.39, 0.29) is 11.8 Å². The first kappa shape index (κ1) is 13.8. The number of benzene rings is 1. The Morgan fingerprint density at radius 3 is 2.36 bits per heavy atom. The Kier molecular flexibility index (Phi) is 3.57. The first-order valence-electron chi connectivity index (χ1n) is 6.74. The van der Waals surface area contributed by atoms with Crippen molar-refractivity contribution in [3.63, 3.8) is 0 Å². The summed E-state index contributed by atoms with van der Waals surface area (Å²) in [5.41, 5.74) is 2.55. The highest BCUT2D eigenvalue weighted by atomic mass is 16.2. The molecule has 6 nitrogen and oxygen atoms in total. The smallest absolute Gasteiger partial charge is 0.272 e. The second-order valence-electron chi connectivity index (χ2n) is 4.78. The van der Waals surface area contributed by atoms with Crippen LogP contribution in [0, 0.1) is 0 Å². The predicted octanol–water partition coefficient (Wildman–Crippen LogP) is 2.55. The highest BCUT2D eigenvalue weighted by Gasteiger charge is 2.10. The van der Waals surface area contributed by atoms with Crippen LogP contribution in [0.3, 0.4) is 0 Å². The molecule has 0 spiro atoms. The van der Waals surface area contributed by atoms with Crippen LogP contribution in [0.4, 0.5) is 11.4 Å². The quantitative estimate of drug-likeness (QED) is 0.779. The van der Waals surface area contributed by atoms with Gasteiger partial charge in [0.1, 0.15) is 11.3 Å². The molecule has 0 bridgehead atoms. The molecule has 2 aromatic heterocycles. The first-order valence-corrected chi connectivity index (χ1v) is 6.74. The molecule has 0 saturated carbocycles. The molecule has 2 N–H and O–H groups in total. The summed E-state index contributed by atoms with van der Waals surface area (Å²) >= 11 is 0. The van der Waals surface area contributed by atoms with Crippen LogP contribution < -0.4 is 10.6 Å². The maximum atomic E-state index is 12.4. The Balaban J connectivity index is 1.79. The monoisotopic (exact) mass is 294 g/mol. The maximum absolute atomic E-state index is 12.4. The SMILES string of the molecule is CC(=O)Nc1ccc(NC(=O)c2cccc3nccn23)cc1.